The zero-order valence-corrected chi connectivity index (χ0v) is 15.1. The van der Waals surface area contributed by atoms with Crippen LogP contribution in [0.4, 0.5) is 5.69 Å². The Labute approximate surface area is 148 Å². The number of aryl methyl sites for hydroxylation is 2. The molecule has 0 unspecified atom stereocenters. The molecule has 2 aliphatic carbocycles. The minimum absolute atomic E-state index is 0.0184. The molecule has 1 aromatic rings. The van der Waals surface area contributed by atoms with Crippen molar-refractivity contribution < 1.29 is 9.59 Å². The standard InChI is InChI=1S/C19H25ClN2O2/c1-11-9-12(2)17(16(20)10-11)22-19(24)14-5-3-13(4-6-14)18(23)21-15-7-8-15/h9-10,13-15H,3-8H2,1-2H3,(H,21,23)(H,22,24). The van der Waals surface area contributed by atoms with E-state index in [0.29, 0.717) is 16.8 Å². The van der Waals surface area contributed by atoms with E-state index in [-0.39, 0.29) is 23.7 Å². The molecular formula is C19H25ClN2O2. The molecule has 1 aromatic carbocycles. The molecule has 2 amide bonds. The Morgan fingerprint density at radius 2 is 1.54 bits per heavy atom. The average molecular weight is 349 g/mol. The van der Waals surface area contributed by atoms with Gasteiger partial charge in [-0.3, -0.25) is 9.59 Å². The SMILES string of the molecule is Cc1cc(C)c(NC(=O)C2CCC(C(=O)NC3CC3)CC2)c(Cl)c1. The second kappa shape index (κ2) is 7.14. The Morgan fingerprint density at radius 1 is 0.958 bits per heavy atom. The number of carbonyl (C=O) groups is 2. The predicted molar refractivity (Wildman–Crippen MR) is 96.2 cm³/mol. The number of halogens is 1. The summed E-state index contributed by atoms with van der Waals surface area (Å²) < 4.78 is 0. The molecule has 2 fully saturated rings. The van der Waals surface area contributed by atoms with E-state index in [9.17, 15) is 9.59 Å². The Balaban J connectivity index is 1.54. The van der Waals surface area contributed by atoms with Crippen LogP contribution in [0, 0.1) is 25.7 Å². The van der Waals surface area contributed by atoms with Gasteiger partial charge in [-0.1, -0.05) is 17.7 Å². The van der Waals surface area contributed by atoms with E-state index in [2.05, 4.69) is 10.6 Å². The van der Waals surface area contributed by atoms with Gasteiger partial charge >= 0.3 is 0 Å². The van der Waals surface area contributed by atoms with Crippen molar-refractivity contribution in [3.05, 3.63) is 28.3 Å². The first-order chi connectivity index (χ1) is 11.4. The maximum absolute atomic E-state index is 12.6. The third-order valence-corrected chi connectivity index (χ3v) is 5.37. The lowest BCUT2D eigenvalue weighted by Crippen LogP contribution is -2.36. The Bertz CT molecular complexity index is 624. The molecule has 130 valence electrons. The number of carbonyl (C=O) groups excluding carboxylic acids is 2. The summed E-state index contributed by atoms with van der Waals surface area (Å²) in [6.45, 7) is 3.94. The highest BCUT2D eigenvalue weighted by Gasteiger charge is 2.32. The molecule has 2 aliphatic rings. The van der Waals surface area contributed by atoms with Crippen LogP contribution in [0.2, 0.25) is 5.02 Å². The second-order valence-electron chi connectivity index (χ2n) is 7.26. The Morgan fingerprint density at radius 3 is 2.08 bits per heavy atom. The van der Waals surface area contributed by atoms with E-state index < -0.39 is 0 Å². The fraction of sp³-hybridized carbons (Fsp3) is 0.579. The maximum atomic E-state index is 12.6. The molecule has 0 aliphatic heterocycles. The number of rotatable bonds is 4. The first kappa shape index (κ1) is 17.3. The van der Waals surface area contributed by atoms with Crippen LogP contribution in [-0.2, 0) is 9.59 Å². The number of benzene rings is 1. The Hall–Kier alpha value is -1.55. The summed E-state index contributed by atoms with van der Waals surface area (Å²) in [5.41, 5.74) is 2.77. The van der Waals surface area contributed by atoms with Gasteiger partial charge in [0.25, 0.3) is 0 Å². The first-order valence-electron chi connectivity index (χ1n) is 8.82. The van der Waals surface area contributed by atoms with Crippen LogP contribution in [0.25, 0.3) is 0 Å². The summed E-state index contributed by atoms with van der Waals surface area (Å²) in [4.78, 5) is 24.7. The van der Waals surface area contributed by atoms with Crippen molar-refractivity contribution in [2.45, 2.75) is 58.4 Å². The molecule has 2 N–H and O–H groups in total. The van der Waals surface area contributed by atoms with Gasteiger partial charge in [-0.2, -0.15) is 0 Å². The van der Waals surface area contributed by atoms with Crippen LogP contribution in [0.3, 0.4) is 0 Å². The smallest absolute Gasteiger partial charge is 0.227 e. The van der Waals surface area contributed by atoms with E-state index >= 15 is 0 Å². The third kappa shape index (κ3) is 4.10. The van der Waals surface area contributed by atoms with Gasteiger partial charge in [-0.15, -0.1) is 0 Å². The fourth-order valence-electron chi connectivity index (χ4n) is 3.46. The van der Waals surface area contributed by atoms with Crippen molar-refractivity contribution in [2.75, 3.05) is 5.32 Å². The van der Waals surface area contributed by atoms with E-state index in [1.165, 1.54) is 0 Å². The van der Waals surface area contributed by atoms with Gasteiger partial charge in [0.05, 0.1) is 10.7 Å². The van der Waals surface area contributed by atoms with Gasteiger partial charge < -0.3 is 10.6 Å². The van der Waals surface area contributed by atoms with Crippen LogP contribution in [0.15, 0.2) is 12.1 Å². The molecule has 24 heavy (non-hydrogen) atoms. The normalized spacial score (nSPS) is 23.6. The van der Waals surface area contributed by atoms with Gasteiger partial charge in [-0.25, -0.2) is 0 Å². The minimum Gasteiger partial charge on any atom is -0.353 e. The van der Waals surface area contributed by atoms with Crippen molar-refractivity contribution in [1.29, 1.82) is 0 Å². The summed E-state index contributed by atoms with van der Waals surface area (Å²) in [5.74, 6) is 0.227. The first-order valence-corrected chi connectivity index (χ1v) is 9.20. The van der Waals surface area contributed by atoms with Crippen molar-refractivity contribution in [3.63, 3.8) is 0 Å². The van der Waals surface area contributed by atoms with Gasteiger partial charge in [0, 0.05) is 17.9 Å². The monoisotopic (exact) mass is 348 g/mol. The maximum Gasteiger partial charge on any atom is 0.227 e. The van der Waals surface area contributed by atoms with Gasteiger partial charge in [0.2, 0.25) is 11.8 Å². The lowest BCUT2D eigenvalue weighted by Gasteiger charge is -2.27. The molecule has 3 rings (SSSR count). The number of nitrogens with one attached hydrogen (secondary N) is 2. The molecule has 5 heteroatoms. The van der Waals surface area contributed by atoms with Crippen LogP contribution in [-0.4, -0.2) is 17.9 Å². The van der Waals surface area contributed by atoms with E-state index in [1.54, 1.807) is 0 Å². The third-order valence-electron chi connectivity index (χ3n) is 5.07. The van der Waals surface area contributed by atoms with Crippen LogP contribution < -0.4 is 10.6 Å². The largest absolute Gasteiger partial charge is 0.353 e. The molecule has 0 radical (unpaired) electrons. The molecular weight excluding hydrogens is 324 g/mol. The number of hydrogen-bond acceptors (Lipinski definition) is 2. The van der Waals surface area contributed by atoms with Crippen molar-refractivity contribution in [2.24, 2.45) is 11.8 Å². The highest BCUT2D eigenvalue weighted by Crippen LogP contribution is 2.33. The molecule has 0 aromatic heterocycles. The molecule has 0 bridgehead atoms. The van der Waals surface area contributed by atoms with Crippen molar-refractivity contribution in [3.8, 4) is 0 Å². The predicted octanol–water partition coefficient (Wildman–Crippen LogP) is 3.98. The zero-order chi connectivity index (χ0) is 17.3. The average Bonchev–Trinajstić information content (AvgIpc) is 3.34. The van der Waals surface area contributed by atoms with Crippen LogP contribution in [0.5, 0.6) is 0 Å². The molecule has 0 spiro atoms. The molecule has 0 atom stereocenters. The number of anilines is 1. The van der Waals surface area contributed by atoms with E-state index in [4.69, 9.17) is 11.6 Å². The number of hydrogen-bond donors (Lipinski definition) is 2. The van der Waals surface area contributed by atoms with Gasteiger partial charge in [-0.05, 0) is 69.6 Å². The van der Waals surface area contributed by atoms with Crippen LogP contribution >= 0.6 is 11.6 Å². The van der Waals surface area contributed by atoms with E-state index in [0.717, 1.165) is 49.7 Å². The highest BCUT2D eigenvalue weighted by atomic mass is 35.5. The van der Waals surface area contributed by atoms with E-state index in [1.807, 2.05) is 26.0 Å². The lowest BCUT2D eigenvalue weighted by atomic mass is 9.81. The molecule has 0 heterocycles. The summed E-state index contributed by atoms with van der Waals surface area (Å²) in [7, 11) is 0. The second-order valence-corrected chi connectivity index (χ2v) is 7.67. The summed E-state index contributed by atoms with van der Waals surface area (Å²) in [6, 6.07) is 4.29. The van der Waals surface area contributed by atoms with Crippen molar-refractivity contribution in [1.82, 2.24) is 5.32 Å². The van der Waals surface area contributed by atoms with Gasteiger partial charge in [0.1, 0.15) is 0 Å². The minimum atomic E-state index is -0.0354. The quantitative estimate of drug-likeness (QED) is 0.864. The summed E-state index contributed by atoms with van der Waals surface area (Å²) in [6.07, 6.45) is 5.32. The number of amides is 2. The van der Waals surface area contributed by atoms with Gasteiger partial charge in [0.15, 0.2) is 0 Å². The Kier molecular flexibility index (Phi) is 5.14. The molecule has 0 saturated heterocycles. The highest BCUT2D eigenvalue weighted by molar-refractivity contribution is 6.34. The zero-order valence-electron chi connectivity index (χ0n) is 14.3. The lowest BCUT2D eigenvalue weighted by molar-refractivity contribution is -0.128. The fourth-order valence-corrected chi connectivity index (χ4v) is 3.83. The van der Waals surface area contributed by atoms with Crippen LogP contribution in [0.1, 0.15) is 49.7 Å². The summed E-state index contributed by atoms with van der Waals surface area (Å²) >= 11 is 6.27. The molecule has 4 nitrogen and oxygen atoms in total. The topological polar surface area (TPSA) is 58.2 Å². The molecule has 2 saturated carbocycles. The summed E-state index contributed by atoms with van der Waals surface area (Å²) in [5, 5.41) is 6.64. The van der Waals surface area contributed by atoms with Crippen molar-refractivity contribution >= 4 is 29.1 Å².